The largest absolute Gasteiger partial charge is 0.339 e. The molecule has 1 fully saturated rings. The van der Waals surface area contributed by atoms with E-state index in [9.17, 15) is 4.79 Å². The monoisotopic (exact) mass is 288 g/mol. The first-order chi connectivity index (χ1) is 9.65. The molecular weight excluding hydrogens is 268 g/mol. The highest BCUT2D eigenvalue weighted by Gasteiger charge is 2.24. The topological polar surface area (TPSA) is 23.6 Å². The van der Waals surface area contributed by atoms with Crippen LogP contribution in [0.15, 0.2) is 29.6 Å². The summed E-state index contributed by atoms with van der Waals surface area (Å²) < 4.78 is 1.24. The third kappa shape index (κ3) is 2.58. The van der Waals surface area contributed by atoms with E-state index in [-0.39, 0.29) is 5.91 Å². The third-order valence-electron chi connectivity index (χ3n) is 4.18. The Morgan fingerprint density at radius 2 is 2.00 bits per heavy atom. The fourth-order valence-electron chi connectivity index (χ4n) is 2.87. The number of thiophene rings is 1. The molecule has 0 atom stereocenters. The van der Waals surface area contributed by atoms with Crippen molar-refractivity contribution >= 4 is 27.3 Å². The molecule has 2 heterocycles. The van der Waals surface area contributed by atoms with Crippen LogP contribution in [0.5, 0.6) is 0 Å². The Morgan fingerprint density at radius 3 is 2.70 bits per heavy atom. The SMILES string of the molecule is CN(C)C1CCN(C(=O)c2ccc3sccc3c2)CC1. The van der Waals surface area contributed by atoms with Crippen LogP contribution in [-0.2, 0) is 0 Å². The molecule has 1 amide bonds. The van der Waals surface area contributed by atoms with Gasteiger partial charge in [0.1, 0.15) is 0 Å². The number of carbonyl (C=O) groups excluding carboxylic acids is 1. The van der Waals surface area contributed by atoms with Crippen molar-refractivity contribution in [2.75, 3.05) is 27.2 Å². The molecule has 4 heteroatoms. The van der Waals surface area contributed by atoms with Crippen LogP contribution in [0.1, 0.15) is 23.2 Å². The van der Waals surface area contributed by atoms with E-state index in [1.165, 1.54) is 10.1 Å². The second kappa shape index (κ2) is 5.54. The molecule has 1 aliphatic rings. The zero-order valence-electron chi connectivity index (χ0n) is 12.0. The van der Waals surface area contributed by atoms with Gasteiger partial charge in [0.25, 0.3) is 5.91 Å². The molecule has 0 spiro atoms. The van der Waals surface area contributed by atoms with Crippen molar-refractivity contribution < 1.29 is 4.79 Å². The number of fused-ring (bicyclic) bond motifs is 1. The Bertz CT molecular complexity index is 612. The van der Waals surface area contributed by atoms with Crippen LogP contribution in [0.3, 0.4) is 0 Å². The summed E-state index contributed by atoms with van der Waals surface area (Å²) in [5.41, 5.74) is 0.819. The maximum Gasteiger partial charge on any atom is 0.253 e. The average molecular weight is 288 g/mol. The van der Waals surface area contributed by atoms with E-state index in [4.69, 9.17) is 0 Å². The fourth-order valence-corrected chi connectivity index (χ4v) is 3.64. The van der Waals surface area contributed by atoms with E-state index in [2.05, 4.69) is 36.5 Å². The molecule has 1 aliphatic heterocycles. The Hall–Kier alpha value is -1.39. The number of carbonyl (C=O) groups is 1. The van der Waals surface area contributed by atoms with Crippen LogP contribution < -0.4 is 0 Å². The second-order valence-corrected chi connectivity index (χ2v) is 6.61. The zero-order chi connectivity index (χ0) is 14.1. The summed E-state index contributed by atoms with van der Waals surface area (Å²) in [5.74, 6) is 0.176. The van der Waals surface area contributed by atoms with Crippen LogP contribution in [0.25, 0.3) is 10.1 Å². The molecule has 0 radical (unpaired) electrons. The number of amides is 1. The number of likely N-dealkylation sites (tertiary alicyclic amines) is 1. The minimum absolute atomic E-state index is 0.176. The van der Waals surface area contributed by atoms with Crippen molar-refractivity contribution in [2.24, 2.45) is 0 Å². The van der Waals surface area contributed by atoms with Gasteiger partial charge in [0.2, 0.25) is 0 Å². The van der Waals surface area contributed by atoms with E-state index in [1.54, 1.807) is 11.3 Å². The van der Waals surface area contributed by atoms with E-state index in [0.29, 0.717) is 6.04 Å². The standard InChI is InChI=1S/C16H20N2OS/c1-17(2)14-5-8-18(9-6-14)16(19)13-3-4-15-12(11-13)7-10-20-15/h3-4,7,10-11,14H,5-6,8-9H2,1-2H3. The summed E-state index contributed by atoms with van der Waals surface area (Å²) in [6, 6.07) is 8.72. The summed E-state index contributed by atoms with van der Waals surface area (Å²) in [7, 11) is 4.24. The lowest BCUT2D eigenvalue weighted by molar-refractivity contribution is 0.0663. The van der Waals surface area contributed by atoms with Gasteiger partial charge in [0, 0.05) is 29.4 Å². The first kappa shape index (κ1) is 13.6. The maximum atomic E-state index is 12.6. The summed E-state index contributed by atoms with van der Waals surface area (Å²) in [4.78, 5) is 16.8. The number of piperidine rings is 1. The Morgan fingerprint density at radius 1 is 1.25 bits per heavy atom. The zero-order valence-corrected chi connectivity index (χ0v) is 12.8. The average Bonchev–Trinajstić information content (AvgIpc) is 2.94. The van der Waals surface area contributed by atoms with Crippen LogP contribution in [-0.4, -0.2) is 48.9 Å². The number of rotatable bonds is 2. The minimum Gasteiger partial charge on any atom is -0.339 e. The van der Waals surface area contributed by atoms with E-state index in [0.717, 1.165) is 31.5 Å². The summed E-state index contributed by atoms with van der Waals surface area (Å²) in [5, 5.41) is 3.24. The van der Waals surface area contributed by atoms with Crippen molar-refractivity contribution in [3.05, 3.63) is 35.2 Å². The van der Waals surface area contributed by atoms with Crippen molar-refractivity contribution in [2.45, 2.75) is 18.9 Å². The Labute approximate surface area is 123 Å². The predicted octanol–water partition coefficient (Wildman–Crippen LogP) is 3.07. The van der Waals surface area contributed by atoms with Gasteiger partial charge >= 0.3 is 0 Å². The highest BCUT2D eigenvalue weighted by atomic mass is 32.1. The molecule has 0 N–H and O–H groups in total. The minimum atomic E-state index is 0.176. The van der Waals surface area contributed by atoms with Gasteiger partial charge in [0.05, 0.1) is 0 Å². The molecule has 0 saturated carbocycles. The molecule has 0 aliphatic carbocycles. The van der Waals surface area contributed by atoms with E-state index in [1.807, 2.05) is 17.0 Å². The molecule has 106 valence electrons. The van der Waals surface area contributed by atoms with Crippen LogP contribution in [0.2, 0.25) is 0 Å². The van der Waals surface area contributed by atoms with Crippen LogP contribution in [0.4, 0.5) is 0 Å². The Kier molecular flexibility index (Phi) is 3.76. The first-order valence-electron chi connectivity index (χ1n) is 7.08. The van der Waals surface area contributed by atoms with Crippen LogP contribution in [0, 0.1) is 0 Å². The van der Waals surface area contributed by atoms with Crippen molar-refractivity contribution in [3.63, 3.8) is 0 Å². The summed E-state index contributed by atoms with van der Waals surface area (Å²) in [6.07, 6.45) is 2.14. The molecule has 0 bridgehead atoms. The molecule has 3 rings (SSSR count). The van der Waals surface area contributed by atoms with Gasteiger partial charge in [-0.15, -0.1) is 11.3 Å². The van der Waals surface area contributed by atoms with Gasteiger partial charge in [-0.1, -0.05) is 0 Å². The van der Waals surface area contributed by atoms with E-state index < -0.39 is 0 Å². The fraction of sp³-hybridized carbons (Fsp3) is 0.438. The molecule has 1 aromatic heterocycles. The van der Waals surface area contributed by atoms with Gasteiger partial charge in [-0.25, -0.2) is 0 Å². The van der Waals surface area contributed by atoms with Gasteiger partial charge < -0.3 is 9.80 Å². The van der Waals surface area contributed by atoms with Crippen molar-refractivity contribution in [1.82, 2.24) is 9.80 Å². The highest BCUT2D eigenvalue weighted by molar-refractivity contribution is 7.17. The second-order valence-electron chi connectivity index (χ2n) is 5.66. The molecule has 3 nitrogen and oxygen atoms in total. The lowest BCUT2D eigenvalue weighted by Gasteiger charge is -2.35. The highest BCUT2D eigenvalue weighted by Crippen LogP contribution is 2.23. The molecule has 20 heavy (non-hydrogen) atoms. The van der Waals surface area contributed by atoms with Crippen LogP contribution >= 0.6 is 11.3 Å². The van der Waals surface area contributed by atoms with Crippen molar-refractivity contribution in [3.8, 4) is 0 Å². The molecular formula is C16H20N2OS. The number of hydrogen-bond donors (Lipinski definition) is 0. The normalized spacial score (nSPS) is 17.1. The quantitative estimate of drug-likeness (QED) is 0.848. The van der Waals surface area contributed by atoms with Gasteiger partial charge in [0.15, 0.2) is 0 Å². The smallest absolute Gasteiger partial charge is 0.253 e. The van der Waals surface area contributed by atoms with Gasteiger partial charge in [-0.05, 0) is 62.0 Å². The van der Waals surface area contributed by atoms with Gasteiger partial charge in [-0.3, -0.25) is 4.79 Å². The Balaban J connectivity index is 1.73. The third-order valence-corrected chi connectivity index (χ3v) is 5.08. The molecule has 2 aromatic rings. The lowest BCUT2D eigenvalue weighted by Crippen LogP contribution is -2.44. The molecule has 1 aromatic carbocycles. The summed E-state index contributed by atoms with van der Waals surface area (Å²) >= 11 is 1.72. The lowest BCUT2D eigenvalue weighted by atomic mass is 10.0. The molecule has 1 saturated heterocycles. The number of benzene rings is 1. The maximum absolute atomic E-state index is 12.6. The van der Waals surface area contributed by atoms with Crippen molar-refractivity contribution in [1.29, 1.82) is 0 Å². The van der Waals surface area contributed by atoms with E-state index >= 15 is 0 Å². The first-order valence-corrected chi connectivity index (χ1v) is 7.96. The van der Waals surface area contributed by atoms with Gasteiger partial charge in [-0.2, -0.15) is 0 Å². The number of hydrogen-bond acceptors (Lipinski definition) is 3. The number of nitrogens with zero attached hydrogens (tertiary/aromatic N) is 2. The summed E-state index contributed by atoms with van der Waals surface area (Å²) in [6.45, 7) is 1.73. The predicted molar refractivity (Wildman–Crippen MR) is 84.4 cm³/mol. The molecule has 0 unspecified atom stereocenters.